The lowest BCUT2D eigenvalue weighted by molar-refractivity contribution is 0.339. The van der Waals surface area contributed by atoms with Crippen LogP contribution in [0, 0.1) is 5.92 Å². The minimum absolute atomic E-state index is 0.103. The summed E-state index contributed by atoms with van der Waals surface area (Å²) in [6.07, 6.45) is 17.7. The van der Waals surface area contributed by atoms with Gasteiger partial charge in [0.15, 0.2) is 9.84 Å². The summed E-state index contributed by atoms with van der Waals surface area (Å²) in [7, 11) is -0.892. The van der Waals surface area contributed by atoms with E-state index in [-0.39, 0.29) is 5.25 Å². The maximum absolute atomic E-state index is 13.2. The number of aromatic nitrogens is 3. The second-order valence-corrected chi connectivity index (χ2v) is 12.1. The van der Waals surface area contributed by atoms with Gasteiger partial charge in [0.05, 0.1) is 16.4 Å². The molecule has 0 spiro atoms. The quantitative estimate of drug-likeness (QED) is 0.678. The van der Waals surface area contributed by atoms with Gasteiger partial charge in [-0.25, -0.2) is 18.4 Å². The molecule has 2 saturated carbocycles. The fraction of sp³-hybridized carbons (Fsp3) is 0.750. The molecule has 0 saturated heterocycles. The van der Waals surface area contributed by atoms with Crippen molar-refractivity contribution in [1.82, 2.24) is 15.0 Å². The number of H-pyrrole nitrogens is 1. The Hall–Kier alpha value is -1.63. The highest BCUT2D eigenvalue weighted by Gasteiger charge is 2.32. The number of nitrogens with zero attached hydrogens (tertiary/aromatic N) is 3. The van der Waals surface area contributed by atoms with Crippen molar-refractivity contribution in [3.05, 3.63) is 18.6 Å². The number of nitrogens with one attached hydrogen (secondary N) is 1. The molecule has 0 amide bonds. The molecule has 31 heavy (non-hydrogen) atoms. The third-order valence-corrected chi connectivity index (χ3v) is 9.98. The molecule has 4 rings (SSSR count). The molecule has 0 aliphatic heterocycles. The van der Waals surface area contributed by atoms with E-state index in [4.69, 9.17) is 0 Å². The Bertz CT molecular complexity index is 924. The van der Waals surface area contributed by atoms with Crippen LogP contribution in [0.3, 0.4) is 0 Å². The van der Waals surface area contributed by atoms with Crippen LogP contribution < -0.4 is 4.90 Å². The number of hydrogen-bond acceptors (Lipinski definition) is 5. The summed E-state index contributed by atoms with van der Waals surface area (Å²) >= 11 is 0. The molecule has 7 heteroatoms. The van der Waals surface area contributed by atoms with Crippen molar-refractivity contribution in [2.75, 3.05) is 17.7 Å². The molecular formula is C24H38N4O2S. The Morgan fingerprint density at radius 2 is 1.58 bits per heavy atom. The summed E-state index contributed by atoms with van der Waals surface area (Å²) in [6.45, 7) is 0. The lowest BCUT2D eigenvalue weighted by atomic mass is 9.86. The third kappa shape index (κ3) is 5.60. The van der Waals surface area contributed by atoms with E-state index in [1.807, 2.05) is 12.3 Å². The zero-order chi connectivity index (χ0) is 21.7. The molecule has 0 unspecified atom stereocenters. The molecule has 0 aromatic carbocycles. The van der Waals surface area contributed by atoms with Crippen molar-refractivity contribution >= 4 is 26.7 Å². The number of fused-ring (bicyclic) bond motifs is 1. The average Bonchev–Trinajstić information content (AvgIpc) is 3.26. The van der Waals surface area contributed by atoms with Crippen molar-refractivity contribution in [1.29, 1.82) is 0 Å². The summed E-state index contributed by atoms with van der Waals surface area (Å²) in [5, 5.41) is 0.944. The number of sulfone groups is 1. The lowest BCUT2D eigenvalue weighted by Gasteiger charge is -2.35. The van der Waals surface area contributed by atoms with Gasteiger partial charge in [-0.2, -0.15) is 0 Å². The van der Waals surface area contributed by atoms with Crippen molar-refractivity contribution in [3.63, 3.8) is 0 Å². The third-order valence-electron chi connectivity index (χ3n) is 7.56. The first-order chi connectivity index (χ1) is 15.0. The van der Waals surface area contributed by atoms with Gasteiger partial charge in [-0.15, -0.1) is 0 Å². The fourth-order valence-corrected chi connectivity index (χ4v) is 7.92. The number of aromatic amines is 1. The first kappa shape index (κ1) is 22.6. The van der Waals surface area contributed by atoms with E-state index >= 15 is 0 Å². The monoisotopic (exact) mass is 446 g/mol. The Balaban J connectivity index is 1.33. The molecule has 1 N–H and O–H groups in total. The van der Waals surface area contributed by atoms with Crippen LogP contribution in [0.1, 0.15) is 83.5 Å². The maximum atomic E-state index is 13.2. The molecule has 0 radical (unpaired) electrons. The smallest absolute Gasteiger partial charge is 0.153 e. The van der Waals surface area contributed by atoms with Crippen LogP contribution in [0.25, 0.3) is 11.0 Å². The Morgan fingerprint density at radius 1 is 0.935 bits per heavy atom. The summed E-state index contributed by atoms with van der Waals surface area (Å²) < 4.78 is 26.5. The van der Waals surface area contributed by atoms with Crippen LogP contribution in [0.2, 0.25) is 0 Å². The Labute approximate surface area is 187 Å². The molecule has 0 atom stereocenters. The minimum Gasteiger partial charge on any atom is -0.356 e. The number of anilines is 1. The summed E-state index contributed by atoms with van der Waals surface area (Å²) in [4.78, 5) is 14.2. The summed E-state index contributed by atoms with van der Waals surface area (Å²) in [6, 6.07) is 2.43. The van der Waals surface area contributed by atoms with E-state index in [1.54, 1.807) is 6.33 Å². The highest BCUT2D eigenvalue weighted by atomic mass is 32.2. The molecule has 2 aromatic rings. The SMILES string of the molecule is CN(c1ncnc2[nH]ccc12)C1CCC(CS(=O)(=O)C2CCCCCCCCC2)CC1. The molecule has 6 nitrogen and oxygen atoms in total. The molecule has 2 fully saturated rings. The Kier molecular flexibility index (Phi) is 7.51. The van der Waals surface area contributed by atoms with Gasteiger partial charge < -0.3 is 9.88 Å². The normalized spacial score (nSPS) is 24.8. The topological polar surface area (TPSA) is 79.0 Å². The highest BCUT2D eigenvalue weighted by molar-refractivity contribution is 7.92. The number of rotatable bonds is 5. The van der Waals surface area contributed by atoms with Crippen LogP contribution >= 0.6 is 0 Å². The van der Waals surface area contributed by atoms with Crippen LogP contribution in [-0.4, -0.2) is 47.5 Å². The van der Waals surface area contributed by atoms with Crippen molar-refractivity contribution < 1.29 is 8.42 Å². The van der Waals surface area contributed by atoms with Gasteiger partial charge in [-0.05, 0) is 50.5 Å². The zero-order valence-corrected chi connectivity index (χ0v) is 19.7. The van der Waals surface area contributed by atoms with Crippen molar-refractivity contribution in [2.45, 2.75) is 94.8 Å². The van der Waals surface area contributed by atoms with Crippen molar-refractivity contribution in [2.24, 2.45) is 5.92 Å². The molecule has 2 heterocycles. The van der Waals surface area contributed by atoms with E-state index < -0.39 is 9.84 Å². The fourth-order valence-electron chi connectivity index (χ4n) is 5.61. The van der Waals surface area contributed by atoms with Crippen molar-refractivity contribution in [3.8, 4) is 0 Å². The number of hydrogen-bond donors (Lipinski definition) is 1. The van der Waals surface area contributed by atoms with Gasteiger partial charge in [-0.1, -0.05) is 44.9 Å². The Morgan fingerprint density at radius 3 is 2.26 bits per heavy atom. The van der Waals surface area contributed by atoms with E-state index in [9.17, 15) is 8.42 Å². The molecule has 2 aliphatic rings. The van der Waals surface area contributed by atoms with Crippen LogP contribution in [0.15, 0.2) is 18.6 Å². The maximum Gasteiger partial charge on any atom is 0.153 e. The summed E-state index contributed by atoms with van der Waals surface area (Å²) in [5.74, 6) is 1.66. The first-order valence-corrected chi connectivity index (χ1v) is 14.0. The molecule has 0 bridgehead atoms. The van der Waals surface area contributed by atoms with Gasteiger partial charge in [0.25, 0.3) is 0 Å². The predicted octanol–water partition coefficient (Wildman–Crippen LogP) is 5.26. The van der Waals surface area contributed by atoms with Gasteiger partial charge in [-0.3, -0.25) is 0 Å². The summed E-state index contributed by atoms with van der Waals surface area (Å²) in [5.41, 5.74) is 0.863. The largest absolute Gasteiger partial charge is 0.356 e. The van der Waals surface area contributed by atoms with Crippen LogP contribution in [0.5, 0.6) is 0 Å². The van der Waals surface area contributed by atoms with Crippen LogP contribution in [0.4, 0.5) is 5.82 Å². The van der Waals surface area contributed by atoms with E-state index in [0.717, 1.165) is 68.2 Å². The first-order valence-electron chi connectivity index (χ1n) is 12.3. The van der Waals surface area contributed by atoms with Gasteiger partial charge >= 0.3 is 0 Å². The zero-order valence-electron chi connectivity index (χ0n) is 18.9. The van der Waals surface area contributed by atoms with E-state index in [1.165, 1.54) is 32.1 Å². The van der Waals surface area contributed by atoms with Gasteiger partial charge in [0.1, 0.15) is 17.8 Å². The second-order valence-electron chi connectivity index (χ2n) is 9.73. The average molecular weight is 447 g/mol. The molecule has 2 aliphatic carbocycles. The van der Waals surface area contributed by atoms with E-state index in [2.05, 4.69) is 26.9 Å². The predicted molar refractivity (Wildman–Crippen MR) is 127 cm³/mol. The van der Waals surface area contributed by atoms with Gasteiger partial charge in [0.2, 0.25) is 0 Å². The van der Waals surface area contributed by atoms with E-state index in [0.29, 0.717) is 17.7 Å². The lowest BCUT2D eigenvalue weighted by Crippen LogP contribution is -2.38. The second kappa shape index (κ2) is 10.3. The van der Waals surface area contributed by atoms with Crippen LogP contribution in [-0.2, 0) is 9.84 Å². The molecular weight excluding hydrogens is 408 g/mol. The minimum atomic E-state index is -3.00. The highest BCUT2D eigenvalue weighted by Crippen LogP contribution is 2.33. The standard InChI is InChI=1S/C24H38N4O2S/c1-28(24-22-15-16-25-23(22)26-18-27-24)20-13-11-19(12-14-20)17-31(29,30)21-9-7-5-3-2-4-6-8-10-21/h15-16,18-21H,2-14,17H2,1H3,(H,25,26,27). The molecule has 2 aromatic heterocycles. The van der Waals surface area contributed by atoms with Gasteiger partial charge in [0, 0.05) is 19.3 Å². The molecule has 172 valence electrons.